The first-order valence-corrected chi connectivity index (χ1v) is 5.37. The predicted octanol–water partition coefficient (Wildman–Crippen LogP) is 2.49. The molecule has 1 rings (SSSR count). The molecule has 0 spiro atoms. The third-order valence-electron chi connectivity index (χ3n) is 2.04. The number of hydrogen-bond acceptors (Lipinski definition) is 2. The highest BCUT2D eigenvalue weighted by Crippen LogP contribution is 2.22. The van der Waals surface area contributed by atoms with E-state index >= 15 is 0 Å². The average molecular weight is 288 g/mol. The van der Waals surface area contributed by atoms with Crippen LogP contribution >= 0.6 is 15.9 Å². The van der Waals surface area contributed by atoms with Crippen molar-refractivity contribution >= 4 is 21.9 Å². The Bertz CT molecular complexity index is 420. The number of carbonyl (C=O) groups is 1. The monoisotopic (exact) mass is 287 g/mol. The Morgan fingerprint density at radius 2 is 2.31 bits per heavy atom. The number of rotatable bonds is 4. The highest BCUT2D eigenvalue weighted by atomic mass is 79.9. The average Bonchev–Trinajstić information content (AvgIpc) is 2.23. The maximum Gasteiger partial charge on any atom is 0.328 e. The van der Waals surface area contributed by atoms with E-state index in [1.165, 1.54) is 12.1 Å². The predicted molar refractivity (Wildman–Crippen MR) is 62.7 cm³/mol. The zero-order chi connectivity index (χ0) is 12.1. The van der Waals surface area contributed by atoms with Gasteiger partial charge in [0.2, 0.25) is 0 Å². The third-order valence-corrected chi connectivity index (χ3v) is 2.53. The zero-order valence-electron chi connectivity index (χ0n) is 8.58. The van der Waals surface area contributed by atoms with E-state index in [2.05, 4.69) is 21.2 Å². The van der Waals surface area contributed by atoms with Crippen molar-refractivity contribution in [2.24, 2.45) is 0 Å². The molecule has 5 heteroatoms. The molecule has 16 heavy (non-hydrogen) atoms. The minimum absolute atomic E-state index is 0.377. The molecule has 1 atom stereocenters. The fourth-order valence-electron chi connectivity index (χ4n) is 1.29. The van der Waals surface area contributed by atoms with Gasteiger partial charge < -0.3 is 10.4 Å². The molecule has 0 aliphatic carbocycles. The van der Waals surface area contributed by atoms with Crippen molar-refractivity contribution in [1.29, 1.82) is 0 Å². The van der Waals surface area contributed by atoms with Gasteiger partial charge in [0.15, 0.2) is 0 Å². The van der Waals surface area contributed by atoms with Crippen molar-refractivity contribution < 1.29 is 14.3 Å². The van der Waals surface area contributed by atoms with Crippen LogP contribution in [0.5, 0.6) is 0 Å². The van der Waals surface area contributed by atoms with E-state index in [9.17, 15) is 9.18 Å². The van der Waals surface area contributed by atoms with Gasteiger partial charge in [-0.25, -0.2) is 9.18 Å². The van der Waals surface area contributed by atoms with Crippen LogP contribution in [0.15, 0.2) is 34.8 Å². The summed E-state index contributed by atoms with van der Waals surface area (Å²) in [5, 5.41) is 11.3. The van der Waals surface area contributed by atoms with E-state index in [0.717, 1.165) is 10.5 Å². The van der Waals surface area contributed by atoms with Crippen molar-refractivity contribution in [1.82, 2.24) is 5.32 Å². The van der Waals surface area contributed by atoms with E-state index in [1.54, 1.807) is 19.2 Å². The number of likely N-dealkylation sites (N-methyl/N-ethyl adjacent to an activating group) is 1. The molecule has 0 bridgehead atoms. The van der Waals surface area contributed by atoms with Gasteiger partial charge in [0.1, 0.15) is 5.82 Å². The molecule has 86 valence electrons. The van der Waals surface area contributed by atoms with Gasteiger partial charge in [-0.05, 0) is 25.2 Å². The molecule has 3 nitrogen and oxygen atoms in total. The first kappa shape index (κ1) is 12.9. The van der Waals surface area contributed by atoms with Crippen molar-refractivity contribution in [2.75, 3.05) is 7.05 Å². The number of aliphatic carboxylic acids is 1. The van der Waals surface area contributed by atoms with Gasteiger partial charge in [-0.3, -0.25) is 0 Å². The second-order valence-corrected chi connectivity index (χ2v) is 4.05. The Labute approximate surface area is 101 Å². The van der Waals surface area contributed by atoms with Crippen molar-refractivity contribution in [2.45, 2.75) is 6.04 Å². The molecule has 0 aliphatic heterocycles. The molecule has 1 unspecified atom stereocenters. The lowest BCUT2D eigenvalue weighted by Gasteiger charge is -2.13. The largest absolute Gasteiger partial charge is 0.478 e. The van der Waals surface area contributed by atoms with Gasteiger partial charge in [0.05, 0.1) is 6.04 Å². The number of nitrogens with one attached hydrogen (secondary N) is 1. The van der Waals surface area contributed by atoms with E-state index in [4.69, 9.17) is 5.11 Å². The first-order chi connectivity index (χ1) is 7.54. The van der Waals surface area contributed by atoms with Crippen LogP contribution < -0.4 is 5.32 Å². The second-order valence-electron chi connectivity index (χ2n) is 3.13. The normalized spacial score (nSPS) is 12.9. The Hall–Kier alpha value is -1.20. The standard InChI is InChI=1S/C11H11BrFNO2/c1-14-10(4-5-11(15)16)8-6-7(12)2-3-9(8)13/h2-6,10,14H,1H3,(H,15,16)/b5-4+. The second kappa shape index (κ2) is 5.77. The van der Waals surface area contributed by atoms with Crippen LogP contribution in [-0.2, 0) is 4.79 Å². The molecule has 0 aliphatic rings. The number of halogens is 2. The van der Waals surface area contributed by atoms with Crippen molar-refractivity contribution in [3.05, 3.63) is 46.2 Å². The fourth-order valence-corrected chi connectivity index (χ4v) is 1.67. The zero-order valence-corrected chi connectivity index (χ0v) is 10.2. The topological polar surface area (TPSA) is 49.3 Å². The van der Waals surface area contributed by atoms with E-state index in [1.807, 2.05) is 0 Å². The number of hydrogen-bond donors (Lipinski definition) is 2. The summed E-state index contributed by atoms with van der Waals surface area (Å²) in [7, 11) is 1.64. The molecule has 0 aromatic heterocycles. The SMILES string of the molecule is CNC(/C=C/C(=O)O)c1cc(Br)ccc1F. The van der Waals surface area contributed by atoms with Crippen LogP contribution in [0.2, 0.25) is 0 Å². The fraction of sp³-hybridized carbons (Fsp3) is 0.182. The maximum absolute atomic E-state index is 13.5. The summed E-state index contributed by atoms with van der Waals surface area (Å²) in [6.45, 7) is 0. The summed E-state index contributed by atoms with van der Waals surface area (Å²) in [6.07, 6.45) is 2.38. The Kier molecular flexibility index (Phi) is 4.64. The molecular formula is C11H11BrFNO2. The Morgan fingerprint density at radius 1 is 1.62 bits per heavy atom. The summed E-state index contributed by atoms with van der Waals surface area (Å²) >= 11 is 3.24. The molecule has 1 aromatic rings. The minimum atomic E-state index is -1.06. The Balaban J connectivity index is 3.03. The minimum Gasteiger partial charge on any atom is -0.478 e. The van der Waals surface area contributed by atoms with Crippen LogP contribution in [0.3, 0.4) is 0 Å². The molecule has 0 saturated heterocycles. The molecule has 0 amide bonds. The highest BCUT2D eigenvalue weighted by Gasteiger charge is 2.11. The van der Waals surface area contributed by atoms with Gasteiger partial charge >= 0.3 is 5.97 Å². The van der Waals surface area contributed by atoms with Gasteiger partial charge in [-0.2, -0.15) is 0 Å². The van der Waals surface area contributed by atoms with Crippen LogP contribution in [-0.4, -0.2) is 18.1 Å². The number of benzene rings is 1. The summed E-state index contributed by atoms with van der Waals surface area (Å²) < 4.78 is 14.2. The summed E-state index contributed by atoms with van der Waals surface area (Å²) in [5.41, 5.74) is 0.398. The van der Waals surface area contributed by atoms with Crippen molar-refractivity contribution in [3.8, 4) is 0 Å². The van der Waals surface area contributed by atoms with Crippen LogP contribution in [0.25, 0.3) is 0 Å². The highest BCUT2D eigenvalue weighted by molar-refractivity contribution is 9.10. The molecule has 0 fully saturated rings. The third kappa shape index (κ3) is 3.43. The van der Waals surface area contributed by atoms with E-state index in [0.29, 0.717) is 5.56 Å². The summed E-state index contributed by atoms with van der Waals surface area (Å²) in [6, 6.07) is 4.07. The number of carboxylic acids is 1. The quantitative estimate of drug-likeness (QED) is 0.837. The molecule has 0 radical (unpaired) electrons. The van der Waals surface area contributed by atoms with Gasteiger partial charge in [-0.15, -0.1) is 0 Å². The van der Waals surface area contributed by atoms with E-state index < -0.39 is 12.0 Å². The summed E-state index contributed by atoms with van der Waals surface area (Å²) in [4.78, 5) is 10.4. The van der Waals surface area contributed by atoms with Crippen LogP contribution in [0, 0.1) is 5.82 Å². The van der Waals surface area contributed by atoms with Gasteiger partial charge in [-0.1, -0.05) is 22.0 Å². The molecule has 0 heterocycles. The smallest absolute Gasteiger partial charge is 0.328 e. The lowest BCUT2D eigenvalue weighted by Crippen LogP contribution is -2.15. The number of carboxylic acid groups (broad SMARTS) is 1. The molecular weight excluding hydrogens is 277 g/mol. The Morgan fingerprint density at radius 3 is 2.88 bits per heavy atom. The van der Waals surface area contributed by atoms with Gasteiger partial charge in [0, 0.05) is 16.1 Å². The lowest BCUT2D eigenvalue weighted by molar-refractivity contribution is -0.131. The van der Waals surface area contributed by atoms with Crippen molar-refractivity contribution in [3.63, 3.8) is 0 Å². The summed E-state index contributed by atoms with van der Waals surface area (Å²) in [5.74, 6) is -1.44. The first-order valence-electron chi connectivity index (χ1n) is 4.58. The lowest BCUT2D eigenvalue weighted by atomic mass is 10.1. The molecule has 0 saturated carbocycles. The van der Waals surface area contributed by atoms with Crippen LogP contribution in [0.1, 0.15) is 11.6 Å². The molecule has 2 N–H and O–H groups in total. The van der Waals surface area contributed by atoms with Gasteiger partial charge in [0.25, 0.3) is 0 Å². The van der Waals surface area contributed by atoms with E-state index in [-0.39, 0.29) is 5.82 Å². The van der Waals surface area contributed by atoms with Crippen LogP contribution in [0.4, 0.5) is 4.39 Å². The molecule has 1 aromatic carbocycles. The maximum atomic E-state index is 13.5.